The molecule has 2 aromatic rings. The lowest BCUT2D eigenvalue weighted by atomic mass is 10.2. The summed E-state index contributed by atoms with van der Waals surface area (Å²) in [7, 11) is 0. The Morgan fingerprint density at radius 3 is 2.93 bits per heavy atom. The van der Waals surface area contributed by atoms with Crippen LogP contribution in [-0.4, -0.2) is 62.8 Å². The van der Waals surface area contributed by atoms with Crippen LogP contribution in [-0.2, 0) is 24.3 Å². The third-order valence-electron chi connectivity index (χ3n) is 5.12. The second kappa shape index (κ2) is 8.75. The molecular weight excluding hydrogens is 362 g/mol. The molecule has 1 aromatic heterocycles. The van der Waals surface area contributed by atoms with Crippen molar-refractivity contribution in [3.63, 3.8) is 0 Å². The van der Waals surface area contributed by atoms with Crippen molar-refractivity contribution < 1.29 is 9.53 Å². The van der Waals surface area contributed by atoms with Crippen molar-refractivity contribution in [2.24, 2.45) is 0 Å². The average molecular weight is 388 g/mol. The van der Waals surface area contributed by atoms with Crippen molar-refractivity contribution in [2.45, 2.75) is 32.0 Å². The maximum Gasteiger partial charge on any atom is 0.258 e. The standard InChI is InChI=1S/C19H25N5O2S/c25-19(13-26-16-4-2-1-3-5-16)20-12-18-22-21-17-6-8-23(9-10-24(17)18)15-7-11-27-14-15/h1-5,15H,6-14H2,(H,20,25). The molecule has 8 heteroatoms. The monoisotopic (exact) mass is 387 g/mol. The van der Waals surface area contributed by atoms with E-state index in [9.17, 15) is 4.79 Å². The second-order valence-electron chi connectivity index (χ2n) is 6.87. The number of thioether (sulfide) groups is 1. The average Bonchev–Trinajstić information content (AvgIpc) is 3.32. The molecular formula is C19H25N5O2S. The summed E-state index contributed by atoms with van der Waals surface area (Å²) in [5.41, 5.74) is 0. The quantitative estimate of drug-likeness (QED) is 0.806. The van der Waals surface area contributed by atoms with Gasteiger partial charge in [-0.25, -0.2) is 0 Å². The van der Waals surface area contributed by atoms with E-state index in [2.05, 4.69) is 36.7 Å². The number of carbonyl (C=O) groups is 1. The Morgan fingerprint density at radius 1 is 1.22 bits per heavy atom. The molecule has 1 aromatic carbocycles. The molecule has 0 radical (unpaired) electrons. The van der Waals surface area contributed by atoms with Gasteiger partial charge in [-0.1, -0.05) is 18.2 Å². The van der Waals surface area contributed by atoms with Gasteiger partial charge in [0.2, 0.25) is 0 Å². The van der Waals surface area contributed by atoms with Gasteiger partial charge in [0.25, 0.3) is 5.91 Å². The van der Waals surface area contributed by atoms with Crippen LogP contribution in [0.3, 0.4) is 0 Å². The van der Waals surface area contributed by atoms with Gasteiger partial charge in [0.15, 0.2) is 12.4 Å². The molecule has 2 aliphatic rings. The Balaban J connectivity index is 1.28. The number of amides is 1. The number of hydrogen-bond donors (Lipinski definition) is 1. The van der Waals surface area contributed by atoms with E-state index >= 15 is 0 Å². The highest BCUT2D eigenvalue weighted by molar-refractivity contribution is 7.99. The van der Waals surface area contributed by atoms with Gasteiger partial charge in [0.1, 0.15) is 11.6 Å². The Kier molecular flexibility index (Phi) is 5.94. The summed E-state index contributed by atoms with van der Waals surface area (Å²) in [6, 6.07) is 10.0. The number of ether oxygens (including phenoxy) is 1. The zero-order valence-electron chi connectivity index (χ0n) is 15.3. The van der Waals surface area contributed by atoms with Crippen LogP contribution >= 0.6 is 11.8 Å². The molecule has 3 heterocycles. The van der Waals surface area contributed by atoms with Crippen molar-refractivity contribution in [3.05, 3.63) is 42.0 Å². The lowest BCUT2D eigenvalue weighted by Crippen LogP contribution is -2.37. The first-order valence-corrected chi connectivity index (χ1v) is 10.6. The molecule has 4 rings (SSSR count). The van der Waals surface area contributed by atoms with Gasteiger partial charge in [-0.3, -0.25) is 9.69 Å². The summed E-state index contributed by atoms with van der Waals surface area (Å²) in [6.45, 7) is 3.32. The number of benzene rings is 1. The van der Waals surface area contributed by atoms with E-state index in [4.69, 9.17) is 4.74 Å². The summed E-state index contributed by atoms with van der Waals surface area (Å²) in [5, 5.41) is 11.5. The Bertz CT molecular complexity index is 761. The fraction of sp³-hybridized carbons (Fsp3) is 0.526. The first kappa shape index (κ1) is 18.3. The lowest BCUT2D eigenvalue weighted by Gasteiger charge is -2.26. The Morgan fingerprint density at radius 2 is 2.11 bits per heavy atom. The highest BCUT2D eigenvalue weighted by Crippen LogP contribution is 2.23. The van der Waals surface area contributed by atoms with E-state index in [1.54, 1.807) is 0 Å². The molecule has 1 saturated heterocycles. The summed E-state index contributed by atoms with van der Waals surface area (Å²) >= 11 is 2.05. The minimum Gasteiger partial charge on any atom is -0.484 e. The van der Waals surface area contributed by atoms with Gasteiger partial charge in [0.05, 0.1) is 6.54 Å². The Labute approximate surface area is 163 Å². The van der Waals surface area contributed by atoms with Crippen LogP contribution in [0, 0.1) is 0 Å². The van der Waals surface area contributed by atoms with Crippen molar-refractivity contribution in [3.8, 4) is 5.75 Å². The van der Waals surface area contributed by atoms with Crippen LogP contribution in [0.4, 0.5) is 0 Å². The highest BCUT2D eigenvalue weighted by Gasteiger charge is 2.26. The summed E-state index contributed by atoms with van der Waals surface area (Å²) in [4.78, 5) is 14.7. The molecule has 0 spiro atoms. The smallest absolute Gasteiger partial charge is 0.258 e. The number of para-hydroxylation sites is 1. The number of aromatic nitrogens is 3. The fourth-order valence-electron chi connectivity index (χ4n) is 3.60. The number of nitrogens with one attached hydrogen (secondary N) is 1. The van der Waals surface area contributed by atoms with Crippen LogP contribution in [0.2, 0.25) is 0 Å². The minimum atomic E-state index is -0.158. The maximum atomic E-state index is 12.1. The number of hydrogen-bond acceptors (Lipinski definition) is 6. The van der Waals surface area contributed by atoms with Crippen LogP contribution in [0.1, 0.15) is 18.1 Å². The molecule has 2 aliphatic heterocycles. The summed E-state index contributed by atoms with van der Waals surface area (Å²) < 4.78 is 7.64. The van der Waals surface area contributed by atoms with E-state index < -0.39 is 0 Å². The molecule has 1 fully saturated rings. The molecule has 0 bridgehead atoms. The third kappa shape index (κ3) is 4.62. The molecule has 1 amide bonds. The summed E-state index contributed by atoms with van der Waals surface area (Å²) in [5.74, 6) is 4.89. The minimum absolute atomic E-state index is 0.00185. The van der Waals surface area contributed by atoms with Crippen molar-refractivity contribution in [1.29, 1.82) is 0 Å². The van der Waals surface area contributed by atoms with Crippen LogP contribution in [0.5, 0.6) is 5.75 Å². The molecule has 0 saturated carbocycles. The predicted octanol–water partition coefficient (Wildman–Crippen LogP) is 1.34. The SMILES string of the molecule is O=C(COc1ccccc1)NCc1nnc2n1CCN(C1CCSC1)CC2. The van der Waals surface area contributed by atoms with E-state index in [0.29, 0.717) is 18.3 Å². The van der Waals surface area contributed by atoms with Crippen molar-refractivity contribution in [2.75, 3.05) is 31.2 Å². The van der Waals surface area contributed by atoms with Gasteiger partial charge in [-0.15, -0.1) is 10.2 Å². The molecule has 1 N–H and O–H groups in total. The van der Waals surface area contributed by atoms with Gasteiger partial charge < -0.3 is 14.6 Å². The van der Waals surface area contributed by atoms with Crippen molar-refractivity contribution in [1.82, 2.24) is 25.0 Å². The maximum absolute atomic E-state index is 12.1. The normalized spacial score (nSPS) is 20.1. The van der Waals surface area contributed by atoms with Crippen LogP contribution in [0.25, 0.3) is 0 Å². The zero-order chi connectivity index (χ0) is 18.5. The fourth-order valence-corrected chi connectivity index (χ4v) is 4.85. The summed E-state index contributed by atoms with van der Waals surface area (Å²) in [6.07, 6.45) is 2.20. The third-order valence-corrected chi connectivity index (χ3v) is 6.26. The van der Waals surface area contributed by atoms with Crippen LogP contribution in [0.15, 0.2) is 30.3 Å². The Hall–Kier alpha value is -2.06. The second-order valence-corrected chi connectivity index (χ2v) is 8.02. The van der Waals surface area contributed by atoms with Gasteiger partial charge in [0, 0.05) is 37.8 Å². The van der Waals surface area contributed by atoms with Gasteiger partial charge in [-0.2, -0.15) is 11.8 Å². The molecule has 0 aliphatic carbocycles. The van der Waals surface area contributed by atoms with E-state index in [1.165, 1.54) is 17.9 Å². The van der Waals surface area contributed by atoms with Crippen LogP contribution < -0.4 is 10.1 Å². The largest absolute Gasteiger partial charge is 0.484 e. The molecule has 1 atom stereocenters. The number of fused-ring (bicyclic) bond motifs is 1. The predicted molar refractivity (Wildman–Crippen MR) is 105 cm³/mol. The highest BCUT2D eigenvalue weighted by atomic mass is 32.2. The van der Waals surface area contributed by atoms with E-state index in [1.807, 2.05) is 30.3 Å². The molecule has 27 heavy (non-hydrogen) atoms. The van der Waals surface area contributed by atoms with Crippen molar-refractivity contribution >= 4 is 17.7 Å². The first-order valence-electron chi connectivity index (χ1n) is 9.47. The zero-order valence-corrected chi connectivity index (χ0v) is 16.2. The number of rotatable bonds is 6. The van der Waals surface area contributed by atoms with E-state index in [0.717, 1.165) is 37.7 Å². The first-order chi connectivity index (χ1) is 13.3. The number of carbonyl (C=O) groups excluding carboxylic acids is 1. The van der Waals surface area contributed by atoms with Gasteiger partial charge in [-0.05, 0) is 24.3 Å². The molecule has 1 unspecified atom stereocenters. The van der Waals surface area contributed by atoms with E-state index in [-0.39, 0.29) is 12.5 Å². The number of nitrogens with zero attached hydrogens (tertiary/aromatic N) is 4. The molecule has 7 nitrogen and oxygen atoms in total. The van der Waals surface area contributed by atoms with Gasteiger partial charge >= 0.3 is 0 Å². The topological polar surface area (TPSA) is 72.3 Å². The lowest BCUT2D eigenvalue weighted by molar-refractivity contribution is -0.123. The molecule has 144 valence electrons.